The predicted octanol–water partition coefficient (Wildman–Crippen LogP) is 2.38. The number of benzene rings is 2. The molecule has 0 spiro atoms. The number of rotatable bonds is 13. The normalized spacial score (nSPS) is 11.3. The highest BCUT2D eigenvalue weighted by Crippen LogP contribution is 2.08. The monoisotopic (exact) mass is 455 g/mol. The summed E-state index contributed by atoms with van der Waals surface area (Å²) < 4.78 is 5.12. The zero-order valence-corrected chi connectivity index (χ0v) is 18.3. The maximum atomic E-state index is 12.2. The smallest absolute Gasteiger partial charge is 0.407 e. The molecule has 0 aromatic heterocycles. The standard InChI is InChI=1S/C24H29N3O6/c25-22(29)20(15-17-10-12-19(13-11-17)23(30)31)27-21(28)9-5-2-6-14-26-24(32)33-16-18-7-3-1-4-8-18/h1,3-4,7-8,10-13,20H,2,5-6,9,14-16H2,(H2,25,29)(H,26,32)(H,27,28)(H,30,31)/t20-/m1/s1. The first-order chi connectivity index (χ1) is 15.8. The van der Waals surface area contributed by atoms with E-state index >= 15 is 0 Å². The second kappa shape index (κ2) is 13.5. The molecule has 0 saturated heterocycles. The van der Waals surface area contributed by atoms with Gasteiger partial charge in [-0.3, -0.25) is 9.59 Å². The molecule has 0 radical (unpaired) electrons. The highest BCUT2D eigenvalue weighted by Gasteiger charge is 2.18. The van der Waals surface area contributed by atoms with Crippen LogP contribution in [-0.2, 0) is 27.4 Å². The van der Waals surface area contributed by atoms with Crippen molar-refractivity contribution in [3.05, 3.63) is 71.3 Å². The molecule has 0 unspecified atom stereocenters. The van der Waals surface area contributed by atoms with Gasteiger partial charge in [0.2, 0.25) is 11.8 Å². The molecule has 5 N–H and O–H groups in total. The number of carboxylic acids is 1. The molecule has 0 saturated carbocycles. The molecular formula is C24H29N3O6. The average molecular weight is 456 g/mol. The number of amides is 3. The number of hydrogen-bond acceptors (Lipinski definition) is 5. The fourth-order valence-corrected chi connectivity index (χ4v) is 3.06. The zero-order valence-electron chi connectivity index (χ0n) is 18.3. The first kappa shape index (κ1) is 25.4. The number of carbonyl (C=O) groups excluding carboxylic acids is 3. The minimum absolute atomic E-state index is 0.136. The van der Waals surface area contributed by atoms with Crippen LogP contribution in [0.5, 0.6) is 0 Å². The van der Waals surface area contributed by atoms with Gasteiger partial charge in [-0.25, -0.2) is 9.59 Å². The Morgan fingerprint density at radius 1 is 0.909 bits per heavy atom. The Morgan fingerprint density at radius 3 is 2.24 bits per heavy atom. The van der Waals surface area contributed by atoms with E-state index in [1.807, 2.05) is 30.3 Å². The van der Waals surface area contributed by atoms with Crippen LogP contribution in [0.2, 0.25) is 0 Å². The van der Waals surface area contributed by atoms with Gasteiger partial charge in [0.1, 0.15) is 12.6 Å². The fourth-order valence-electron chi connectivity index (χ4n) is 3.06. The second-order valence-corrected chi connectivity index (χ2v) is 7.53. The summed E-state index contributed by atoms with van der Waals surface area (Å²) in [6.07, 6.45) is 1.90. The van der Waals surface area contributed by atoms with Crippen molar-refractivity contribution in [2.24, 2.45) is 5.73 Å². The van der Waals surface area contributed by atoms with E-state index in [4.69, 9.17) is 15.6 Å². The van der Waals surface area contributed by atoms with Gasteiger partial charge in [-0.1, -0.05) is 48.9 Å². The Balaban J connectivity index is 1.61. The maximum absolute atomic E-state index is 12.2. The zero-order chi connectivity index (χ0) is 24.1. The van der Waals surface area contributed by atoms with Crippen LogP contribution in [0.15, 0.2) is 54.6 Å². The molecule has 0 aliphatic rings. The first-order valence-corrected chi connectivity index (χ1v) is 10.7. The number of hydrogen-bond donors (Lipinski definition) is 4. The molecule has 176 valence electrons. The number of carboxylic acid groups (broad SMARTS) is 1. The Hall–Kier alpha value is -3.88. The van der Waals surface area contributed by atoms with E-state index in [0.717, 1.165) is 5.56 Å². The molecule has 0 aliphatic carbocycles. The summed E-state index contributed by atoms with van der Waals surface area (Å²) in [7, 11) is 0. The van der Waals surface area contributed by atoms with Crippen molar-refractivity contribution in [1.29, 1.82) is 0 Å². The van der Waals surface area contributed by atoms with Gasteiger partial charge in [-0.05, 0) is 36.1 Å². The van der Waals surface area contributed by atoms with Crippen LogP contribution in [0.25, 0.3) is 0 Å². The third kappa shape index (κ3) is 9.86. The summed E-state index contributed by atoms with van der Waals surface area (Å²) in [4.78, 5) is 46.5. The second-order valence-electron chi connectivity index (χ2n) is 7.53. The Labute approximate surface area is 192 Å². The molecule has 0 aliphatic heterocycles. The van der Waals surface area contributed by atoms with Gasteiger partial charge in [0.15, 0.2) is 0 Å². The number of unbranched alkanes of at least 4 members (excludes halogenated alkanes) is 2. The van der Waals surface area contributed by atoms with E-state index in [-0.39, 0.29) is 30.9 Å². The molecule has 2 aromatic rings. The largest absolute Gasteiger partial charge is 0.478 e. The lowest BCUT2D eigenvalue weighted by molar-refractivity contribution is -0.127. The van der Waals surface area contributed by atoms with E-state index < -0.39 is 24.0 Å². The van der Waals surface area contributed by atoms with Crippen LogP contribution in [0.3, 0.4) is 0 Å². The maximum Gasteiger partial charge on any atom is 0.407 e. The molecule has 1 atom stereocenters. The SMILES string of the molecule is NC(=O)[C@@H](Cc1ccc(C(=O)O)cc1)NC(=O)CCCCCNC(=O)OCc1ccccc1. The van der Waals surface area contributed by atoms with Crippen molar-refractivity contribution < 1.29 is 29.0 Å². The van der Waals surface area contributed by atoms with E-state index in [2.05, 4.69) is 10.6 Å². The van der Waals surface area contributed by atoms with Crippen molar-refractivity contribution in [1.82, 2.24) is 10.6 Å². The van der Waals surface area contributed by atoms with Crippen LogP contribution >= 0.6 is 0 Å². The molecule has 2 rings (SSSR count). The number of carbonyl (C=O) groups is 4. The quantitative estimate of drug-likeness (QED) is 0.341. The van der Waals surface area contributed by atoms with Crippen molar-refractivity contribution in [2.75, 3.05) is 6.54 Å². The summed E-state index contributed by atoms with van der Waals surface area (Å²) in [5.74, 6) is -2.00. The Morgan fingerprint density at radius 2 is 1.61 bits per heavy atom. The third-order valence-electron chi connectivity index (χ3n) is 4.88. The highest BCUT2D eigenvalue weighted by atomic mass is 16.5. The van der Waals surface area contributed by atoms with Gasteiger partial charge in [-0.2, -0.15) is 0 Å². The molecule has 9 nitrogen and oxygen atoms in total. The van der Waals surface area contributed by atoms with E-state index in [0.29, 0.717) is 31.4 Å². The molecule has 0 heterocycles. The fraction of sp³-hybridized carbons (Fsp3) is 0.333. The number of alkyl carbamates (subject to hydrolysis) is 1. The van der Waals surface area contributed by atoms with Crippen LogP contribution in [0, 0.1) is 0 Å². The van der Waals surface area contributed by atoms with Crippen molar-refractivity contribution >= 4 is 23.9 Å². The third-order valence-corrected chi connectivity index (χ3v) is 4.88. The summed E-state index contributed by atoms with van der Waals surface area (Å²) in [5, 5.41) is 14.2. The molecular weight excluding hydrogens is 426 g/mol. The molecule has 2 aromatic carbocycles. The molecule has 9 heteroatoms. The summed E-state index contributed by atoms with van der Waals surface area (Å²) >= 11 is 0. The molecule has 0 bridgehead atoms. The minimum atomic E-state index is -1.04. The van der Waals surface area contributed by atoms with Crippen LogP contribution < -0.4 is 16.4 Å². The van der Waals surface area contributed by atoms with E-state index in [1.54, 1.807) is 12.1 Å². The number of nitrogens with two attached hydrogens (primary N) is 1. The van der Waals surface area contributed by atoms with Crippen molar-refractivity contribution in [2.45, 2.75) is 44.8 Å². The predicted molar refractivity (Wildman–Crippen MR) is 121 cm³/mol. The van der Waals surface area contributed by atoms with Gasteiger partial charge in [-0.15, -0.1) is 0 Å². The summed E-state index contributed by atoms with van der Waals surface area (Å²) in [5.41, 5.74) is 7.13. The lowest BCUT2D eigenvalue weighted by atomic mass is 10.0. The Bertz CT molecular complexity index is 931. The minimum Gasteiger partial charge on any atom is -0.478 e. The lowest BCUT2D eigenvalue weighted by Crippen LogP contribution is -2.45. The highest BCUT2D eigenvalue weighted by molar-refractivity contribution is 5.88. The average Bonchev–Trinajstić information content (AvgIpc) is 2.80. The number of aromatic carboxylic acids is 1. The first-order valence-electron chi connectivity index (χ1n) is 10.7. The van der Waals surface area contributed by atoms with Gasteiger partial charge < -0.3 is 26.2 Å². The number of ether oxygens (including phenoxy) is 1. The molecule has 3 amide bonds. The van der Waals surface area contributed by atoms with Crippen molar-refractivity contribution in [3.63, 3.8) is 0 Å². The van der Waals surface area contributed by atoms with Gasteiger partial charge in [0.25, 0.3) is 0 Å². The van der Waals surface area contributed by atoms with E-state index in [1.165, 1.54) is 12.1 Å². The molecule has 0 fully saturated rings. The van der Waals surface area contributed by atoms with Crippen LogP contribution in [0.1, 0.15) is 47.2 Å². The van der Waals surface area contributed by atoms with Gasteiger partial charge >= 0.3 is 12.1 Å². The van der Waals surface area contributed by atoms with Gasteiger partial charge in [0.05, 0.1) is 5.56 Å². The van der Waals surface area contributed by atoms with E-state index in [9.17, 15) is 19.2 Å². The lowest BCUT2D eigenvalue weighted by Gasteiger charge is -2.16. The van der Waals surface area contributed by atoms with Crippen LogP contribution in [0.4, 0.5) is 4.79 Å². The summed E-state index contributed by atoms with van der Waals surface area (Å²) in [6.45, 7) is 0.642. The topological polar surface area (TPSA) is 148 Å². The Kier molecular flexibility index (Phi) is 10.4. The number of primary amides is 1. The summed E-state index contributed by atoms with van der Waals surface area (Å²) in [6, 6.07) is 14.5. The van der Waals surface area contributed by atoms with Crippen molar-refractivity contribution in [3.8, 4) is 0 Å². The van der Waals surface area contributed by atoms with Gasteiger partial charge in [0, 0.05) is 19.4 Å². The molecule has 33 heavy (non-hydrogen) atoms. The van der Waals surface area contributed by atoms with Crippen LogP contribution in [-0.4, -0.2) is 41.6 Å². The number of nitrogens with one attached hydrogen (secondary N) is 2.